The van der Waals surface area contributed by atoms with Gasteiger partial charge in [0.15, 0.2) is 0 Å². The van der Waals surface area contributed by atoms with Gasteiger partial charge in [-0.15, -0.1) is 0 Å². The summed E-state index contributed by atoms with van der Waals surface area (Å²) in [7, 11) is 5.61. The highest BCUT2D eigenvalue weighted by Gasteiger charge is 2.29. The van der Waals surface area contributed by atoms with Crippen LogP contribution in [-0.4, -0.2) is 65.3 Å². The van der Waals surface area contributed by atoms with Crippen molar-refractivity contribution in [1.82, 2.24) is 24.9 Å². The Morgan fingerprint density at radius 1 is 1.50 bits per heavy atom. The molecule has 1 N–H and O–H groups in total. The first-order valence-corrected chi connectivity index (χ1v) is 6.22. The minimum atomic E-state index is -0.0552. The van der Waals surface area contributed by atoms with Crippen LogP contribution in [0.3, 0.4) is 0 Å². The maximum Gasteiger partial charge on any atom is 0.238 e. The van der Waals surface area contributed by atoms with Crippen LogP contribution in [0, 0.1) is 0 Å². The molecule has 1 fully saturated rings. The van der Waals surface area contributed by atoms with Crippen molar-refractivity contribution in [1.29, 1.82) is 0 Å². The molecule has 1 aliphatic heterocycles. The van der Waals surface area contributed by atoms with Crippen molar-refractivity contribution in [3.63, 3.8) is 0 Å². The summed E-state index contributed by atoms with van der Waals surface area (Å²) in [6, 6.07) is -0.0552. The largest absolute Gasteiger partial charge is 0.358 e. The molecular formula is C12H21N5O. The molecule has 1 aromatic heterocycles. The first kappa shape index (κ1) is 13.0. The van der Waals surface area contributed by atoms with Crippen LogP contribution >= 0.6 is 0 Å². The lowest BCUT2D eigenvalue weighted by Crippen LogP contribution is -2.56. The van der Waals surface area contributed by atoms with Crippen molar-refractivity contribution in [2.45, 2.75) is 12.6 Å². The SMILES string of the molecule is CNC(=O)C1CN(Cc2cnn(C)c2)CCN1C. The van der Waals surface area contributed by atoms with Crippen LogP contribution in [0.2, 0.25) is 0 Å². The number of amides is 1. The predicted octanol–water partition coefficient (Wildman–Crippen LogP) is -0.718. The molecule has 0 spiro atoms. The predicted molar refractivity (Wildman–Crippen MR) is 69.0 cm³/mol. The van der Waals surface area contributed by atoms with E-state index in [1.54, 1.807) is 7.05 Å². The highest BCUT2D eigenvalue weighted by atomic mass is 16.2. The molecule has 6 heteroatoms. The lowest BCUT2D eigenvalue weighted by Gasteiger charge is -2.38. The molecule has 18 heavy (non-hydrogen) atoms. The number of carbonyl (C=O) groups is 1. The number of carbonyl (C=O) groups excluding carboxylic acids is 1. The van der Waals surface area contributed by atoms with Gasteiger partial charge in [-0.3, -0.25) is 19.3 Å². The first-order valence-electron chi connectivity index (χ1n) is 6.22. The fourth-order valence-corrected chi connectivity index (χ4v) is 2.34. The molecule has 0 radical (unpaired) electrons. The van der Waals surface area contributed by atoms with Crippen LogP contribution in [-0.2, 0) is 18.4 Å². The van der Waals surface area contributed by atoms with E-state index >= 15 is 0 Å². The van der Waals surface area contributed by atoms with Gasteiger partial charge >= 0.3 is 0 Å². The van der Waals surface area contributed by atoms with Gasteiger partial charge in [0.25, 0.3) is 0 Å². The van der Waals surface area contributed by atoms with Crippen molar-refractivity contribution >= 4 is 5.91 Å². The fourth-order valence-electron chi connectivity index (χ4n) is 2.34. The van der Waals surface area contributed by atoms with Gasteiger partial charge in [0.2, 0.25) is 5.91 Å². The molecule has 0 aliphatic carbocycles. The molecule has 2 rings (SSSR count). The van der Waals surface area contributed by atoms with E-state index in [-0.39, 0.29) is 11.9 Å². The molecule has 0 bridgehead atoms. The van der Waals surface area contributed by atoms with Crippen LogP contribution in [0.5, 0.6) is 0 Å². The van der Waals surface area contributed by atoms with Gasteiger partial charge in [-0.1, -0.05) is 0 Å². The number of rotatable bonds is 3. The number of nitrogens with one attached hydrogen (secondary N) is 1. The number of nitrogens with zero attached hydrogens (tertiary/aromatic N) is 4. The van der Waals surface area contributed by atoms with Crippen LogP contribution < -0.4 is 5.32 Å². The summed E-state index contributed by atoms with van der Waals surface area (Å²) in [5.41, 5.74) is 1.19. The third-order valence-electron chi connectivity index (χ3n) is 3.45. The van der Waals surface area contributed by atoms with Crippen molar-refractivity contribution in [3.05, 3.63) is 18.0 Å². The Kier molecular flexibility index (Phi) is 3.98. The minimum Gasteiger partial charge on any atom is -0.358 e. The molecule has 1 aliphatic rings. The topological polar surface area (TPSA) is 53.4 Å². The minimum absolute atomic E-state index is 0.0552. The molecule has 1 amide bonds. The third kappa shape index (κ3) is 2.88. The number of hydrogen-bond donors (Lipinski definition) is 1. The zero-order valence-corrected chi connectivity index (χ0v) is 11.3. The number of aryl methyl sites for hydroxylation is 1. The van der Waals surface area contributed by atoms with E-state index < -0.39 is 0 Å². The second-order valence-corrected chi connectivity index (χ2v) is 4.87. The summed E-state index contributed by atoms with van der Waals surface area (Å²) in [5.74, 6) is 0.0911. The average Bonchev–Trinajstić information content (AvgIpc) is 2.76. The monoisotopic (exact) mass is 251 g/mol. The van der Waals surface area contributed by atoms with Crippen molar-refractivity contribution in [2.24, 2.45) is 7.05 Å². The average molecular weight is 251 g/mol. The molecule has 1 atom stereocenters. The van der Waals surface area contributed by atoms with Gasteiger partial charge in [0.05, 0.1) is 6.20 Å². The third-order valence-corrected chi connectivity index (χ3v) is 3.45. The second-order valence-electron chi connectivity index (χ2n) is 4.87. The first-order chi connectivity index (χ1) is 8.60. The van der Waals surface area contributed by atoms with E-state index in [1.807, 2.05) is 31.2 Å². The number of piperazine rings is 1. The molecule has 2 heterocycles. The quantitative estimate of drug-likeness (QED) is 0.770. The normalized spacial score (nSPS) is 22.1. The van der Waals surface area contributed by atoms with E-state index in [0.29, 0.717) is 0 Å². The molecule has 1 aromatic rings. The second kappa shape index (κ2) is 5.49. The van der Waals surface area contributed by atoms with Gasteiger partial charge in [0, 0.05) is 52.0 Å². The van der Waals surface area contributed by atoms with Crippen molar-refractivity contribution in [2.75, 3.05) is 33.7 Å². The van der Waals surface area contributed by atoms with Crippen LogP contribution in [0.25, 0.3) is 0 Å². The molecule has 0 saturated carbocycles. The zero-order chi connectivity index (χ0) is 13.1. The van der Waals surface area contributed by atoms with Crippen LogP contribution in [0.1, 0.15) is 5.56 Å². The van der Waals surface area contributed by atoms with Gasteiger partial charge in [0.1, 0.15) is 6.04 Å². The lowest BCUT2D eigenvalue weighted by molar-refractivity contribution is -0.127. The number of hydrogen-bond acceptors (Lipinski definition) is 4. The standard InChI is InChI=1S/C12H21N5O/c1-13-12(18)11-9-17(5-4-15(11)2)8-10-6-14-16(3)7-10/h6-7,11H,4-5,8-9H2,1-3H3,(H,13,18). The maximum absolute atomic E-state index is 11.8. The molecule has 100 valence electrons. The Morgan fingerprint density at radius 3 is 2.89 bits per heavy atom. The highest BCUT2D eigenvalue weighted by molar-refractivity contribution is 5.81. The van der Waals surface area contributed by atoms with Crippen molar-refractivity contribution in [3.8, 4) is 0 Å². The van der Waals surface area contributed by atoms with E-state index in [2.05, 4.69) is 20.2 Å². The van der Waals surface area contributed by atoms with Crippen LogP contribution in [0.15, 0.2) is 12.4 Å². The van der Waals surface area contributed by atoms with E-state index in [9.17, 15) is 4.79 Å². The summed E-state index contributed by atoms with van der Waals surface area (Å²) in [5, 5.41) is 6.90. The molecule has 1 unspecified atom stereocenters. The molecule has 6 nitrogen and oxygen atoms in total. The number of aromatic nitrogens is 2. The van der Waals surface area contributed by atoms with Crippen molar-refractivity contribution < 1.29 is 4.79 Å². The Balaban J connectivity index is 1.96. The smallest absolute Gasteiger partial charge is 0.238 e. The summed E-state index contributed by atoms with van der Waals surface area (Å²) < 4.78 is 1.81. The van der Waals surface area contributed by atoms with Gasteiger partial charge in [-0.25, -0.2) is 0 Å². The molecule has 1 saturated heterocycles. The maximum atomic E-state index is 11.8. The van der Waals surface area contributed by atoms with Crippen LogP contribution in [0.4, 0.5) is 0 Å². The number of likely N-dealkylation sites (N-methyl/N-ethyl adjacent to an activating group) is 2. The zero-order valence-electron chi connectivity index (χ0n) is 11.3. The van der Waals surface area contributed by atoms with E-state index in [1.165, 1.54) is 5.56 Å². The Hall–Kier alpha value is -1.40. The molecule has 0 aromatic carbocycles. The van der Waals surface area contributed by atoms with E-state index in [4.69, 9.17) is 0 Å². The summed E-state index contributed by atoms with van der Waals surface area (Å²) in [4.78, 5) is 16.2. The summed E-state index contributed by atoms with van der Waals surface area (Å²) >= 11 is 0. The van der Waals surface area contributed by atoms with E-state index in [0.717, 1.165) is 26.2 Å². The van der Waals surface area contributed by atoms with Gasteiger partial charge in [-0.05, 0) is 7.05 Å². The van der Waals surface area contributed by atoms with Gasteiger partial charge < -0.3 is 5.32 Å². The fraction of sp³-hybridized carbons (Fsp3) is 0.667. The Labute approximate surface area is 108 Å². The van der Waals surface area contributed by atoms with Gasteiger partial charge in [-0.2, -0.15) is 5.10 Å². The lowest BCUT2D eigenvalue weighted by atomic mass is 10.1. The summed E-state index contributed by atoms with van der Waals surface area (Å²) in [6.07, 6.45) is 3.90. The Morgan fingerprint density at radius 2 is 2.28 bits per heavy atom. The summed E-state index contributed by atoms with van der Waals surface area (Å²) in [6.45, 7) is 3.53. The highest BCUT2D eigenvalue weighted by Crippen LogP contribution is 2.11. The Bertz CT molecular complexity index is 416. The molecular weight excluding hydrogens is 230 g/mol.